The molecule has 144 valence electrons. The number of aryl methyl sites for hydroxylation is 1. The van der Waals surface area contributed by atoms with Crippen molar-refractivity contribution in [3.8, 4) is 0 Å². The summed E-state index contributed by atoms with van der Waals surface area (Å²) in [5, 5.41) is 0.0388. The van der Waals surface area contributed by atoms with Crippen LogP contribution in [0.1, 0.15) is 19.4 Å². The van der Waals surface area contributed by atoms with Gasteiger partial charge in [-0.15, -0.1) is 0 Å². The van der Waals surface area contributed by atoms with Gasteiger partial charge in [-0.05, 0) is 37.3 Å². The predicted octanol–water partition coefficient (Wildman–Crippen LogP) is 2.77. The number of nitrogens with two attached hydrogens (primary N) is 1. The molecule has 1 aliphatic carbocycles. The lowest BCUT2D eigenvalue weighted by molar-refractivity contribution is -0.671. The van der Waals surface area contributed by atoms with E-state index in [-0.39, 0.29) is 16.5 Å². The molecule has 4 rings (SSSR count). The lowest BCUT2D eigenvalue weighted by atomic mass is 10.0. The number of nitrogens with zero attached hydrogens (tertiary/aromatic N) is 4. The molecule has 1 aromatic heterocycles. The fourth-order valence-corrected chi connectivity index (χ4v) is 3.88. The van der Waals surface area contributed by atoms with Gasteiger partial charge in [0, 0.05) is 24.2 Å². The third kappa shape index (κ3) is 3.47. The van der Waals surface area contributed by atoms with Crippen LogP contribution < -0.4 is 15.2 Å². The first-order valence-corrected chi connectivity index (χ1v) is 9.65. The summed E-state index contributed by atoms with van der Waals surface area (Å²) in [5.41, 5.74) is 9.20. The van der Waals surface area contributed by atoms with E-state index in [1.807, 2.05) is 19.2 Å². The Labute approximate surface area is 169 Å². The van der Waals surface area contributed by atoms with E-state index in [9.17, 15) is 4.79 Å². The maximum absolute atomic E-state index is 11.9. The molecule has 1 aromatic carbocycles. The van der Waals surface area contributed by atoms with Gasteiger partial charge in [-0.2, -0.15) is 0 Å². The van der Waals surface area contributed by atoms with E-state index >= 15 is 0 Å². The minimum atomic E-state index is -0.242. The zero-order valence-electron chi connectivity index (χ0n) is 16.0. The SMILES string of the molecule is CC1=C/C(=N/c2ccc(N3CCC(n4cc[n+](C)c4)C3)cc2)C(N)=C(Cl)C1=O. The molecule has 1 fully saturated rings. The van der Waals surface area contributed by atoms with Gasteiger partial charge in [0.15, 0.2) is 0 Å². The summed E-state index contributed by atoms with van der Waals surface area (Å²) in [5.74, 6) is -0.242. The molecule has 2 aliphatic rings. The Bertz CT molecular complexity index is 1020. The number of imidazole rings is 1. The van der Waals surface area contributed by atoms with Gasteiger partial charge in [-0.25, -0.2) is 14.1 Å². The number of benzene rings is 1. The number of aromatic nitrogens is 2. The zero-order chi connectivity index (χ0) is 19.8. The highest BCUT2D eigenvalue weighted by Crippen LogP contribution is 2.29. The topological polar surface area (TPSA) is 67.5 Å². The van der Waals surface area contributed by atoms with Crippen molar-refractivity contribution in [2.45, 2.75) is 19.4 Å². The number of allylic oxidation sites excluding steroid dienone is 3. The maximum atomic E-state index is 11.9. The van der Waals surface area contributed by atoms with Gasteiger partial charge in [-0.3, -0.25) is 4.79 Å². The number of aliphatic imine (C=N–C) groups is 1. The molecule has 1 saturated heterocycles. The molecule has 28 heavy (non-hydrogen) atoms. The van der Waals surface area contributed by atoms with E-state index in [1.165, 1.54) is 5.69 Å². The van der Waals surface area contributed by atoms with Crippen molar-refractivity contribution < 1.29 is 9.36 Å². The number of hydrogen-bond donors (Lipinski definition) is 1. The molecule has 0 amide bonds. The van der Waals surface area contributed by atoms with Crippen LogP contribution >= 0.6 is 11.6 Å². The smallest absolute Gasteiger partial charge is 0.243 e. The Hall–Kier alpha value is -2.86. The van der Waals surface area contributed by atoms with Crippen LogP contribution in [0.25, 0.3) is 0 Å². The van der Waals surface area contributed by atoms with Crippen LogP contribution in [0.15, 0.2) is 70.4 Å². The summed E-state index contributed by atoms with van der Waals surface area (Å²) in [6.45, 7) is 3.72. The van der Waals surface area contributed by atoms with Crippen molar-refractivity contribution in [1.29, 1.82) is 0 Å². The number of anilines is 1. The van der Waals surface area contributed by atoms with Crippen LogP contribution in [0.4, 0.5) is 11.4 Å². The van der Waals surface area contributed by atoms with Crippen LogP contribution in [-0.4, -0.2) is 29.2 Å². The quantitative estimate of drug-likeness (QED) is 0.640. The van der Waals surface area contributed by atoms with Crippen LogP contribution in [0, 0.1) is 0 Å². The lowest BCUT2D eigenvalue weighted by Gasteiger charge is -2.18. The van der Waals surface area contributed by atoms with Crippen molar-refractivity contribution in [2.24, 2.45) is 17.8 Å². The third-order valence-electron chi connectivity index (χ3n) is 5.26. The normalized spacial score (nSPS) is 21.6. The van der Waals surface area contributed by atoms with E-state index < -0.39 is 0 Å². The number of hydrogen-bond acceptors (Lipinski definition) is 4. The molecule has 2 N–H and O–H groups in total. The zero-order valence-corrected chi connectivity index (χ0v) is 16.7. The van der Waals surface area contributed by atoms with Gasteiger partial charge in [0.05, 0.1) is 30.7 Å². The second kappa shape index (κ2) is 7.28. The van der Waals surface area contributed by atoms with Crippen molar-refractivity contribution in [3.63, 3.8) is 0 Å². The first kappa shape index (κ1) is 18.5. The molecule has 2 heterocycles. The van der Waals surface area contributed by atoms with E-state index in [0.29, 0.717) is 17.3 Å². The Balaban J connectivity index is 1.50. The average molecular weight is 397 g/mol. The van der Waals surface area contributed by atoms with E-state index in [4.69, 9.17) is 17.3 Å². The minimum absolute atomic E-state index is 0.0388. The van der Waals surface area contributed by atoms with Crippen LogP contribution in [0.2, 0.25) is 0 Å². The van der Waals surface area contributed by atoms with Gasteiger partial charge < -0.3 is 10.6 Å². The molecule has 6 nitrogen and oxygen atoms in total. The number of carbonyl (C=O) groups is 1. The molecule has 1 atom stereocenters. The van der Waals surface area contributed by atoms with Crippen molar-refractivity contribution in [2.75, 3.05) is 18.0 Å². The Morgan fingerprint density at radius 3 is 2.71 bits per heavy atom. The molecule has 7 heteroatoms. The first-order chi connectivity index (χ1) is 13.4. The summed E-state index contributed by atoms with van der Waals surface area (Å²) >= 11 is 6.02. The van der Waals surface area contributed by atoms with E-state index in [2.05, 4.69) is 49.9 Å². The second-order valence-corrected chi connectivity index (χ2v) is 7.69. The highest BCUT2D eigenvalue weighted by atomic mass is 35.5. The maximum Gasteiger partial charge on any atom is 0.243 e. The highest BCUT2D eigenvalue weighted by Gasteiger charge is 2.27. The van der Waals surface area contributed by atoms with Gasteiger partial charge in [0.25, 0.3) is 0 Å². The second-order valence-electron chi connectivity index (χ2n) is 7.31. The molecule has 2 aromatic rings. The Morgan fingerprint density at radius 1 is 1.29 bits per heavy atom. The lowest BCUT2D eigenvalue weighted by Crippen LogP contribution is -2.25. The summed E-state index contributed by atoms with van der Waals surface area (Å²) in [7, 11) is 2.04. The predicted molar refractivity (Wildman–Crippen MR) is 111 cm³/mol. The minimum Gasteiger partial charge on any atom is -0.396 e. The van der Waals surface area contributed by atoms with Gasteiger partial charge in [0.1, 0.15) is 23.5 Å². The van der Waals surface area contributed by atoms with Crippen LogP contribution in [0.5, 0.6) is 0 Å². The summed E-state index contributed by atoms with van der Waals surface area (Å²) in [6, 6.07) is 8.56. The number of rotatable bonds is 3. The van der Waals surface area contributed by atoms with Gasteiger partial charge >= 0.3 is 0 Å². The van der Waals surface area contributed by atoms with Crippen LogP contribution in [0.3, 0.4) is 0 Å². The summed E-state index contributed by atoms with van der Waals surface area (Å²) in [4.78, 5) is 18.8. The number of ketones is 1. The fraction of sp³-hybridized carbons (Fsp3) is 0.286. The van der Waals surface area contributed by atoms with Crippen molar-refractivity contribution in [1.82, 2.24) is 4.57 Å². The molecule has 0 spiro atoms. The number of carbonyl (C=O) groups excluding carboxylic acids is 1. The molecule has 0 saturated carbocycles. The molecular weight excluding hydrogens is 374 g/mol. The van der Waals surface area contributed by atoms with Crippen molar-refractivity contribution in [3.05, 3.63) is 65.4 Å². The Morgan fingerprint density at radius 2 is 2.04 bits per heavy atom. The standard InChI is InChI=1S/C21H22ClN5O/c1-14-11-18(20(23)19(22)21(14)28)24-15-3-5-16(6-4-15)26-8-7-17(12-26)27-10-9-25(2)13-27/h3-6,9-11,13,17H,7-8,12H2,1-2H3,(H-,23,28)/p+1/b24-18-. The highest BCUT2D eigenvalue weighted by molar-refractivity contribution is 6.49. The monoisotopic (exact) mass is 396 g/mol. The molecule has 1 aliphatic heterocycles. The molecule has 0 radical (unpaired) electrons. The number of Topliss-reactive ketones (excluding diaryl/α,β-unsaturated/α-hetero) is 1. The van der Waals surface area contributed by atoms with E-state index in [0.717, 1.165) is 25.2 Å². The van der Waals surface area contributed by atoms with Gasteiger partial charge in [0.2, 0.25) is 12.1 Å². The third-order valence-corrected chi connectivity index (χ3v) is 5.64. The van der Waals surface area contributed by atoms with E-state index in [1.54, 1.807) is 13.0 Å². The van der Waals surface area contributed by atoms with Gasteiger partial charge in [-0.1, -0.05) is 11.6 Å². The largest absolute Gasteiger partial charge is 0.396 e. The molecular formula is C21H23ClN5O+. The Kier molecular flexibility index (Phi) is 4.81. The average Bonchev–Trinajstić information content (AvgIpc) is 3.34. The van der Waals surface area contributed by atoms with Crippen LogP contribution in [-0.2, 0) is 11.8 Å². The summed E-state index contributed by atoms with van der Waals surface area (Å²) in [6.07, 6.45) is 9.12. The van der Waals surface area contributed by atoms with Crippen molar-refractivity contribution >= 4 is 34.5 Å². The molecule has 1 unspecified atom stereocenters. The molecule has 0 bridgehead atoms. The fourth-order valence-electron chi connectivity index (χ4n) is 3.63. The summed E-state index contributed by atoms with van der Waals surface area (Å²) < 4.78 is 4.34. The number of halogens is 1. The first-order valence-electron chi connectivity index (χ1n) is 9.27.